The van der Waals surface area contributed by atoms with Gasteiger partial charge in [0, 0.05) is 5.92 Å². The second kappa shape index (κ2) is 2.96. The van der Waals surface area contributed by atoms with Crippen LogP contribution in [-0.2, 0) is 9.53 Å². The fourth-order valence-electron chi connectivity index (χ4n) is 2.20. The van der Waals surface area contributed by atoms with Crippen LogP contribution in [0.1, 0.15) is 12.0 Å². The zero-order valence-corrected chi connectivity index (χ0v) is 8.35. The molecule has 1 saturated heterocycles. The summed E-state index contributed by atoms with van der Waals surface area (Å²) in [5, 5.41) is 0. The molecule has 2 nitrogen and oxygen atoms in total. The summed E-state index contributed by atoms with van der Waals surface area (Å²) < 4.78 is 5.02. The lowest BCUT2D eigenvalue weighted by Gasteiger charge is -2.01. The normalized spacial score (nSPS) is 32.8. The van der Waals surface area contributed by atoms with E-state index >= 15 is 0 Å². The minimum absolute atomic E-state index is 0.0420. The van der Waals surface area contributed by atoms with Crippen molar-refractivity contribution in [3.05, 3.63) is 42.0 Å². The van der Waals surface area contributed by atoms with Crippen LogP contribution in [0, 0.1) is 11.3 Å². The molecule has 0 spiro atoms. The highest BCUT2D eigenvalue weighted by molar-refractivity contribution is 5.86. The van der Waals surface area contributed by atoms with E-state index in [4.69, 9.17) is 4.74 Å². The molecule has 2 aliphatic rings. The fraction of sp³-hybridized carbons (Fsp3) is 0.308. The van der Waals surface area contributed by atoms with E-state index < -0.39 is 0 Å². The minimum atomic E-state index is -0.268. The Labute approximate surface area is 88.6 Å². The summed E-state index contributed by atoms with van der Waals surface area (Å²) in [6, 6.07) is 10.0. The first-order valence-electron chi connectivity index (χ1n) is 5.23. The van der Waals surface area contributed by atoms with Crippen LogP contribution in [0.4, 0.5) is 0 Å². The zero-order valence-electron chi connectivity index (χ0n) is 8.35. The van der Waals surface area contributed by atoms with Crippen LogP contribution < -0.4 is 0 Å². The van der Waals surface area contributed by atoms with E-state index in [1.54, 1.807) is 0 Å². The average Bonchev–Trinajstić information content (AvgIpc) is 2.92. The minimum Gasteiger partial charge on any atom is -0.465 e. The highest BCUT2D eigenvalue weighted by Gasteiger charge is 2.64. The van der Waals surface area contributed by atoms with Crippen LogP contribution in [-0.4, -0.2) is 12.6 Å². The molecule has 0 bridgehead atoms. The molecule has 0 N–H and O–H groups in total. The van der Waals surface area contributed by atoms with Gasteiger partial charge in [-0.25, -0.2) is 0 Å². The van der Waals surface area contributed by atoms with Crippen molar-refractivity contribution >= 4 is 12.0 Å². The topological polar surface area (TPSA) is 26.3 Å². The molecule has 0 aromatic heterocycles. The van der Waals surface area contributed by atoms with Crippen molar-refractivity contribution in [3.63, 3.8) is 0 Å². The van der Waals surface area contributed by atoms with Gasteiger partial charge in [0.05, 0.1) is 12.0 Å². The third-order valence-corrected chi connectivity index (χ3v) is 3.32. The highest BCUT2D eigenvalue weighted by atomic mass is 16.5. The maximum Gasteiger partial charge on any atom is 0.316 e. The molecule has 2 fully saturated rings. The summed E-state index contributed by atoms with van der Waals surface area (Å²) in [5.41, 5.74) is 0.868. The Bertz CT molecular complexity index is 421. The number of hydrogen-bond acceptors (Lipinski definition) is 2. The highest BCUT2D eigenvalue weighted by Crippen LogP contribution is 2.58. The predicted molar refractivity (Wildman–Crippen MR) is 57.0 cm³/mol. The number of rotatable bonds is 2. The number of cyclic esters (lactones) is 1. The molecule has 1 aromatic carbocycles. The van der Waals surface area contributed by atoms with Gasteiger partial charge in [-0.1, -0.05) is 42.5 Å². The van der Waals surface area contributed by atoms with Crippen molar-refractivity contribution in [2.45, 2.75) is 6.42 Å². The predicted octanol–water partition coefficient (Wildman–Crippen LogP) is 2.26. The summed E-state index contributed by atoms with van der Waals surface area (Å²) >= 11 is 0. The van der Waals surface area contributed by atoms with Gasteiger partial charge in [0.15, 0.2) is 0 Å². The first kappa shape index (κ1) is 8.72. The first-order valence-corrected chi connectivity index (χ1v) is 5.23. The van der Waals surface area contributed by atoms with Crippen molar-refractivity contribution in [1.82, 2.24) is 0 Å². The second-order valence-corrected chi connectivity index (χ2v) is 4.28. The van der Waals surface area contributed by atoms with Crippen molar-refractivity contribution in [2.24, 2.45) is 11.3 Å². The molecule has 0 radical (unpaired) electrons. The third-order valence-electron chi connectivity index (χ3n) is 3.32. The molecule has 0 amide bonds. The molecule has 1 saturated carbocycles. The van der Waals surface area contributed by atoms with Gasteiger partial charge >= 0.3 is 5.97 Å². The average molecular weight is 200 g/mol. The van der Waals surface area contributed by atoms with E-state index in [9.17, 15) is 4.79 Å². The van der Waals surface area contributed by atoms with Crippen molar-refractivity contribution < 1.29 is 9.53 Å². The largest absolute Gasteiger partial charge is 0.465 e. The summed E-state index contributed by atoms with van der Waals surface area (Å²) in [4.78, 5) is 11.5. The lowest BCUT2D eigenvalue weighted by Crippen LogP contribution is -2.10. The number of benzene rings is 1. The van der Waals surface area contributed by atoms with Gasteiger partial charge in [0.1, 0.15) is 0 Å². The Morgan fingerprint density at radius 3 is 2.73 bits per heavy atom. The maximum atomic E-state index is 11.5. The van der Waals surface area contributed by atoms with Gasteiger partial charge in [0.25, 0.3) is 0 Å². The van der Waals surface area contributed by atoms with Crippen LogP contribution in [0.5, 0.6) is 0 Å². The number of ether oxygens (including phenoxy) is 1. The third kappa shape index (κ3) is 1.29. The number of fused-ring (bicyclic) bond motifs is 1. The molecule has 1 heterocycles. The summed E-state index contributed by atoms with van der Waals surface area (Å²) in [6.45, 7) is 0.609. The molecule has 1 aliphatic carbocycles. The Kier molecular flexibility index (Phi) is 1.72. The Morgan fingerprint density at radius 1 is 1.33 bits per heavy atom. The molecule has 2 heteroatoms. The monoisotopic (exact) mass is 200 g/mol. The molecule has 15 heavy (non-hydrogen) atoms. The molecular formula is C13H12O2. The van der Waals surface area contributed by atoms with Gasteiger partial charge < -0.3 is 4.74 Å². The van der Waals surface area contributed by atoms with E-state index in [0.717, 1.165) is 12.0 Å². The summed E-state index contributed by atoms with van der Waals surface area (Å²) in [7, 11) is 0. The van der Waals surface area contributed by atoms with Gasteiger partial charge in [-0.3, -0.25) is 4.79 Å². The van der Waals surface area contributed by atoms with Crippen LogP contribution >= 0.6 is 0 Å². The van der Waals surface area contributed by atoms with Gasteiger partial charge in [-0.2, -0.15) is 0 Å². The lowest BCUT2D eigenvalue weighted by molar-refractivity contribution is -0.143. The Hall–Kier alpha value is -1.57. The van der Waals surface area contributed by atoms with Crippen molar-refractivity contribution in [2.75, 3.05) is 6.61 Å². The Balaban J connectivity index is 1.82. The van der Waals surface area contributed by atoms with Crippen LogP contribution in [0.3, 0.4) is 0 Å². The summed E-state index contributed by atoms with van der Waals surface area (Å²) in [5.74, 6) is 0.393. The lowest BCUT2D eigenvalue weighted by atomic mass is 10.0. The second-order valence-electron chi connectivity index (χ2n) is 4.28. The van der Waals surface area contributed by atoms with E-state index in [1.807, 2.05) is 42.5 Å². The van der Waals surface area contributed by atoms with E-state index in [2.05, 4.69) is 0 Å². The Morgan fingerprint density at radius 2 is 2.13 bits per heavy atom. The quantitative estimate of drug-likeness (QED) is 0.684. The maximum absolute atomic E-state index is 11.5. The number of hydrogen-bond donors (Lipinski definition) is 0. The van der Waals surface area contributed by atoms with Crippen LogP contribution in [0.25, 0.3) is 6.08 Å². The van der Waals surface area contributed by atoms with E-state index in [-0.39, 0.29) is 11.4 Å². The van der Waals surface area contributed by atoms with E-state index in [0.29, 0.717) is 12.5 Å². The molecule has 1 aliphatic heterocycles. The van der Waals surface area contributed by atoms with Crippen molar-refractivity contribution in [3.8, 4) is 0 Å². The fourth-order valence-corrected chi connectivity index (χ4v) is 2.20. The number of carbonyl (C=O) groups excluding carboxylic acids is 1. The van der Waals surface area contributed by atoms with Crippen LogP contribution in [0.15, 0.2) is 36.4 Å². The molecule has 2 atom stereocenters. The summed E-state index contributed by atoms with van der Waals surface area (Å²) in [6.07, 6.45) is 5.00. The molecule has 76 valence electrons. The SMILES string of the molecule is O=C1OC[C@@H]2C[C@@]12/C=C/c1ccccc1. The van der Waals surface area contributed by atoms with Crippen LogP contribution in [0.2, 0.25) is 0 Å². The number of esters is 1. The molecular weight excluding hydrogens is 188 g/mol. The van der Waals surface area contributed by atoms with E-state index in [1.165, 1.54) is 0 Å². The van der Waals surface area contributed by atoms with Gasteiger partial charge in [-0.05, 0) is 12.0 Å². The first-order chi connectivity index (χ1) is 7.31. The molecule has 1 aromatic rings. The molecule has 0 unspecified atom stereocenters. The smallest absolute Gasteiger partial charge is 0.316 e. The molecule has 3 rings (SSSR count). The van der Waals surface area contributed by atoms with Crippen molar-refractivity contribution in [1.29, 1.82) is 0 Å². The zero-order chi connectivity index (χ0) is 10.3. The van der Waals surface area contributed by atoms with Gasteiger partial charge in [0.2, 0.25) is 0 Å². The standard InChI is InChI=1S/C13H12O2/c14-12-13(8-11(13)9-15-12)7-6-10-4-2-1-3-5-10/h1-7,11H,8-9H2/b7-6+/t11-,13+/m0/s1. The van der Waals surface area contributed by atoms with Gasteiger partial charge in [-0.15, -0.1) is 0 Å². The number of carbonyl (C=O) groups is 1.